The molecule has 5 nitrogen and oxygen atoms in total. The maximum absolute atomic E-state index is 12.4. The quantitative estimate of drug-likeness (QED) is 0.890. The average molecular weight is 308 g/mol. The summed E-state index contributed by atoms with van der Waals surface area (Å²) in [7, 11) is 0. The number of carbonyl (C=O) groups is 1. The molecule has 0 spiro atoms. The second-order valence-electron chi connectivity index (χ2n) is 5.91. The van der Waals surface area contributed by atoms with Crippen LogP contribution in [0.3, 0.4) is 0 Å². The first-order chi connectivity index (χ1) is 9.93. The Morgan fingerprint density at radius 3 is 2.86 bits per heavy atom. The van der Waals surface area contributed by atoms with Gasteiger partial charge in [0, 0.05) is 12.6 Å². The first kappa shape index (κ1) is 15.7. The van der Waals surface area contributed by atoms with Crippen molar-refractivity contribution in [2.75, 3.05) is 6.61 Å². The summed E-state index contributed by atoms with van der Waals surface area (Å²) in [4.78, 5) is 17.3. The Labute approximate surface area is 128 Å². The van der Waals surface area contributed by atoms with Gasteiger partial charge in [0.05, 0.1) is 4.88 Å². The number of hydrogen-bond donors (Lipinski definition) is 2. The van der Waals surface area contributed by atoms with Crippen molar-refractivity contribution in [2.24, 2.45) is 5.41 Å². The fourth-order valence-corrected chi connectivity index (χ4v) is 2.78. The summed E-state index contributed by atoms with van der Waals surface area (Å²) in [6.45, 7) is 6.10. The third-order valence-electron chi connectivity index (χ3n) is 3.30. The van der Waals surface area contributed by atoms with E-state index in [-0.39, 0.29) is 29.7 Å². The SMILES string of the molecule is CC(C)(C)C(CCO)NC(=O)c1ncoc1-c1cccs1. The predicted octanol–water partition coefficient (Wildman–Crippen LogP) is 2.93. The summed E-state index contributed by atoms with van der Waals surface area (Å²) in [5.74, 6) is 0.208. The molecular formula is C15H20N2O3S. The normalized spacial score (nSPS) is 13.1. The highest BCUT2D eigenvalue weighted by Crippen LogP contribution is 2.28. The fraction of sp³-hybridized carbons (Fsp3) is 0.467. The zero-order valence-corrected chi connectivity index (χ0v) is 13.2. The molecule has 21 heavy (non-hydrogen) atoms. The predicted molar refractivity (Wildman–Crippen MR) is 82.2 cm³/mol. The van der Waals surface area contributed by atoms with Crippen molar-refractivity contribution in [3.8, 4) is 10.6 Å². The Morgan fingerprint density at radius 1 is 1.52 bits per heavy atom. The smallest absolute Gasteiger partial charge is 0.274 e. The highest BCUT2D eigenvalue weighted by Gasteiger charge is 2.28. The van der Waals surface area contributed by atoms with Gasteiger partial charge in [-0.3, -0.25) is 4.79 Å². The van der Waals surface area contributed by atoms with Gasteiger partial charge in [0.25, 0.3) is 5.91 Å². The van der Waals surface area contributed by atoms with E-state index in [1.54, 1.807) is 0 Å². The van der Waals surface area contributed by atoms with Gasteiger partial charge in [-0.2, -0.15) is 0 Å². The molecule has 1 unspecified atom stereocenters. The molecule has 0 bridgehead atoms. The van der Waals surface area contributed by atoms with Gasteiger partial charge in [0.2, 0.25) is 0 Å². The van der Waals surface area contributed by atoms with Crippen molar-refractivity contribution in [3.63, 3.8) is 0 Å². The molecule has 2 heterocycles. The number of aromatic nitrogens is 1. The minimum absolute atomic E-state index is 0.0266. The van der Waals surface area contributed by atoms with Gasteiger partial charge < -0.3 is 14.8 Å². The van der Waals surface area contributed by atoms with Gasteiger partial charge >= 0.3 is 0 Å². The molecule has 2 aromatic heterocycles. The van der Waals surface area contributed by atoms with Crippen LogP contribution in [0, 0.1) is 5.41 Å². The number of amides is 1. The minimum Gasteiger partial charge on any atom is -0.442 e. The lowest BCUT2D eigenvalue weighted by atomic mass is 9.85. The van der Waals surface area contributed by atoms with Crippen molar-refractivity contribution in [1.29, 1.82) is 0 Å². The van der Waals surface area contributed by atoms with Gasteiger partial charge in [-0.25, -0.2) is 4.98 Å². The maximum Gasteiger partial charge on any atom is 0.274 e. The molecule has 114 valence electrons. The summed E-state index contributed by atoms with van der Waals surface area (Å²) in [6, 6.07) is 3.65. The molecule has 1 amide bonds. The first-order valence-electron chi connectivity index (χ1n) is 6.82. The molecule has 1 atom stereocenters. The van der Waals surface area contributed by atoms with E-state index in [1.165, 1.54) is 17.7 Å². The molecule has 0 aromatic carbocycles. The third kappa shape index (κ3) is 3.71. The monoisotopic (exact) mass is 308 g/mol. The second kappa shape index (κ2) is 6.41. The van der Waals surface area contributed by atoms with Crippen molar-refractivity contribution in [2.45, 2.75) is 33.2 Å². The van der Waals surface area contributed by atoms with Crippen LogP contribution in [0.15, 0.2) is 28.3 Å². The zero-order chi connectivity index (χ0) is 15.5. The van der Waals surface area contributed by atoms with Crippen molar-refractivity contribution < 1.29 is 14.3 Å². The summed E-state index contributed by atoms with van der Waals surface area (Å²) in [6.07, 6.45) is 1.78. The van der Waals surface area contributed by atoms with Gasteiger partial charge in [-0.05, 0) is 23.3 Å². The van der Waals surface area contributed by atoms with Crippen molar-refractivity contribution >= 4 is 17.2 Å². The number of thiophene rings is 1. The lowest BCUT2D eigenvalue weighted by molar-refractivity contribution is 0.0881. The van der Waals surface area contributed by atoms with Crippen LogP contribution in [0.2, 0.25) is 0 Å². The van der Waals surface area contributed by atoms with Crippen LogP contribution in [0.1, 0.15) is 37.7 Å². The van der Waals surface area contributed by atoms with Crippen LogP contribution in [0.25, 0.3) is 10.6 Å². The topological polar surface area (TPSA) is 75.4 Å². The van der Waals surface area contributed by atoms with E-state index in [9.17, 15) is 4.79 Å². The van der Waals surface area contributed by atoms with Crippen LogP contribution in [-0.2, 0) is 0 Å². The maximum atomic E-state index is 12.4. The Balaban J connectivity index is 2.19. The zero-order valence-electron chi connectivity index (χ0n) is 12.4. The Hall–Kier alpha value is -1.66. The van der Waals surface area contributed by atoms with E-state index in [1.807, 2.05) is 38.3 Å². The number of aliphatic hydroxyl groups excluding tert-OH is 1. The van der Waals surface area contributed by atoms with Crippen molar-refractivity contribution in [1.82, 2.24) is 10.3 Å². The molecular weight excluding hydrogens is 288 g/mol. The largest absolute Gasteiger partial charge is 0.442 e. The van der Waals surface area contributed by atoms with E-state index < -0.39 is 0 Å². The van der Waals surface area contributed by atoms with Crippen molar-refractivity contribution in [3.05, 3.63) is 29.6 Å². The fourth-order valence-electron chi connectivity index (χ4n) is 2.07. The molecule has 0 saturated heterocycles. The highest BCUT2D eigenvalue weighted by atomic mass is 32.1. The summed E-state index contributed by atoms with van der Waals surface area (Å²) >= 11 is 1.49. The number of nitrogens with one attached hydrogen (secondary N) is 1. The molecule has 2 N–H and O–H groups in total. The molecule has 2 aromatic rings. The number of oxazole rings is 1. The molecule has 0 aliphatic carbocycles. The Morgan fingerprint density at radius 2 is 2.29 bits per heavy atom. The van der Waals surface area contributed by atoms with E-state index in [0.717, 1.165) is 4.88 Å². The standard InChI is InChI=1S/C15H20N2O3S/c1-15(2,3)11(6-7-18)17-14(19)12-13(20-9-16-12)10-5-4-8-21-10/h4-5,8-9,11,18H,6-7H2,1-3H3,(H,17,19). The van der Waals surface area contributed by atoms with E-state index in [2.05, 4.69) is 10.3 Å². The van der Waals surface area contributed by atoms with Gasteiger partial charge in [-0.15, -0.1) is 11.3 Å². The Kier molecular flexibility index (Phi) is 4.80. The molecule has 0 radical (unpaired) electrons. The van der Waals surface area contributed by atoms with E-state index in [4.69, 9.17) is 9.52 Å². The number of nitrogens with zero attached hydrogens (tertiary/aromatic N) is 1. The minimum atomic E-state index is -0.277. The molecule has 6 heteroatoms. The van der Waals surface area contributed by atoms with E-state index >= 15 is 0 Å². The first-order valence-corrected chi connectivity index (χ1v) is 7.70. The molecule has 0 saturated carbocycles. The van der Waals surface area contributed by atoms with Crippen LogP contribution >= 0.6 is 11.3 Å². The second-order valence-corrected chi connectivity index (χ2v) is 6.86. The van der Waals surface area contributed by atoms with Crippen LogP contribution in [-0.4, -0.2) is 28.6 Å². The lowest BCUT2D eigenvalue weighted by Crippen LogP contribution is -2.44. The summed E-state index contributed by atoms with van der Waals surface area (Å²) in [5.41, 5.74) is 0.134. The van der Waals surface area contributed by atoms with E-state index in [0.29, 0.717) is 12.2 Å². The lowest BCUT2D eigenvalue weighted by Gasteiger charge is -2.30. The Bertz CT molecular complexity index is 584. The van der Waals surface area contributed by atoms with Crippen LogP contribution < -0.4 is 5.32 Å². The third-order valence-corrected chi connectivity index (χ3v) is 4.16. The number of aliphatic hydroxyl groups is 1. The van der Waals surface area contributed by atoms with Gasteiger partial charge in [0.15, 0.2) is 17.8 Å². The summed E-state index contributed by atoms with van der Waals surface area (Å²) < 4.78 is 5.35. The van der Waals surface area contributed by atoms with Gasteiger partial charge in [-0.1, -0.05) is 26.8 Å². The molecule has 2 rings (SSSR count). The van der Waals surface area contributed by atoms with Crippen LogP contribution in [0.4, 0.5) is 0 Å². The number of carbonyl (C=O) groups excluding carboxylic acids is 1. The number of rotatable bonds is 5. The molecule has 0 fully saturated rings. The summed E-state index contributed by atoms with van der Waals surface area (Å²) in [5, 5.41) is 14.0. The molecule has 0 aliphatic heterocycles. The molecule has 0 aliphatic rings. The number of hydrogen-bond acceptors (Lipinski definition) is 5. The van der Waals surface area contributed by atoms with Crippen LogP contribution in [0.5, 0.6) is 0 Å². The highest BCUT2D eigenvalue weighted by molar-refractivity contribution is 7.13. The van der Waals surface area contributed by atoms with Gasteiger partial charge in [0.1, 0.15) is 0 Å². The average Bonchev–Trinajstić information content (AvgIpc) is 3.07.